The normalized spacial score (nSPS) is 15.1. The summed E-state index contributed by atoms with van der Waals surface area (Å²) in [7, 11) is 1.81. The highest BCUT2D eigenvalue weighted by molar-refractivity contribution is 5.96. The van der Waals surface area contributed by atoms with E-state index in [1.54, 1.807) is 4.68 Å². The van der Waals surface area contributed by atoms with Crippen molar-refractivity contribution in [2.75, 3.05) is 0 Å². The molecule has 2 rings (SSSR count). The van der Waals surface area contributed by atoms with Crippen LogP contribution >= 0.6 is 0 Å². The SMILES string of the molecule is Cn1cc2c(n1)C(=O)NC2. The van der Waals surface area contributed by atoms with Gasteiger partial charge in [0, 0.05) is 25.4 Å². The molecule has 0 radical (unpaired) electrons. The summed E-state index contributed by atoms with van der Waals surface area (Å²) >= 11 is 0. The van der Waals surface area contributed by atoms with Crippen LogP contribution in [0.15, 0.2) is 6.20 Å². The molecule has 4 heteroatoms. The number of nitrogens with zero attached hydrogens (tertiary/aromatic N) is 2. The Morgan fingerprint density at radius 3 is 3.30 bits per heavy atom. The van der Waals surface area contributed by atoms with Gasteiger partial charge in [0.25, 0.3) is 5.91 Å². The maximum atomic E-state index is 10.9. The van der Waals surface area contributed by atoms with E-state index in [0.717, 1.165) is 5.56 Å². The molecule has 1 aromatic rings. The fraction of sp³-hybridized carbons (Fsp3) is 0.333. The molecule has 0 spiro atoms. The van der Waals surface area contributed by atoms with Crippen molar-refractivity contribution >= 4 is 5.91 Å². The van der Waals surface area contributed by atoms with Crippen LogP contribution in [0.5, 0.6) is 0 Å². The van der Waals surface area contributed by atoms with Gasteiger partial charge in [0.15, 0.2) is 5.69 Å². The van der Waals surface area contributed by atoms with Gasteiger partial charge in [-0.3, -0.25) is 9.48 Å². The standard InChI is InChI=1S/C6H7N3O/c1-9-3-4-2-7-6(10)5(4)8-9/h3H,2H2,1H3,(H,7,10). The quantitative estimate of drug-likeness (QED) is 0.532. The first-order valence-corrected chi connectivity index (χ1v) is 3.08. The Bertz CT molecular complexity index is 289. The van der Waals surface area contributed by atoms with E-state index in [-0.39, 0.29) is 5.91 Å². The smallest absolute Gasteiger partial charge is 0.272 e. The van der Waals surface area contributed by atoms with Crippen molar-refractivity contribution in [2.45, 2.75) is 6.54 Å². The number of carbonyl (C=O) groups excluding carboxylic acids is 1. The van der Waals surface area contributed by atoms with E-state index >= 15 is 0 Å². The molecule has 52 valence electrons. The van der Waals surface area contributed by atoms with Crippen LogP contribution in [0.3, 0.4) is 0 Å². The van der Waals surface area contributed by atoms with Gasteiger partial charge in [-0.1, -0.05) is 0 Å². The maximum absolute atomic E-state index is 10.9. The average Bonchev–Trinajstić information content (AvgIpc) is 2.35. The predicted octanol–water partition coefficient (Wildman–Crippen LogP) is -0.337. The first-order chi connectivity index (χ1) is 4.77. The Hall–Kier alpha value is -1.32. The Kier molecular flexibility index (Phi) is 0.869. The van der Waals surface area contributed by atoms with E-state index in [1.165, 1.54) is 0 Å². The van der Waals surface area contributed by atoms with E-state index < -0.39 is 0 Å². The number of aryl methyl sites for hydroxylation is 1. The van der Waals surface area contributed by atoms with E-state index in [9.17, 15) is 4.79 Å². The number of rotatable bonds is 0. The van der Waals surface area contributed by atoms with Gasteiger partial charge in [-0.2, -0.15) is 5.10 Å². The van der Waals surface area contributed by atoms with Crippen LogP contribution < -0.4 is 5.32 Å². The molecule has 0 aliphatic carbocycles. The first-order valence-electron chi connectivity index (χ1n) is 3.08. The molecular formula is C6H7N3O. The van der Waals surface area contributed by atoms with Crippen molar-refractivity contribution in [2.24, 2.45) is 7.05 Å². The number of hydrogen-bond acceptors (Lipinski definition) is 2. The second-order valence-electron chi connectivity index (χ2n) is 2.36. The number of hydrogen-bond donors (Lipinski definition) is 1. The van der Waals surface area contributed by atoms with Gasteiger partial charge in [-0.05, 0) is 0 Å². The average molecular weight is 137 g/mol. The molecule has 1 N–H and O–H groups in total. The Balaban J connectivity index is 2.59. The van der Waals surface area contributed by atoms with Crippen molar-refractivity contribution < 1.29 is 4.79 Å². The molecule has 4 nitrogen and oxygen atoms in total. The van der Waals surface area contributed by atoms with E-state index in [0.29, 0.717) is 12.2 Å². The highest BCUT2D eigenvalue weighted by atomic mass is 16.2. The minimum absolute atomic E-state index is 0.0596. The number of amides is 1. The molecule has 0 bridgehead atoms. The lowest BCUT2D eigenvalue weighted by Crippen LogP contribution is -2.14. The molecule has 0 aromatic carbocycles. The van der Waals surface area contributed by atoms with Gasteiger partial charge in [-0.15, -0.1) is 0 Å². The second-order valence-corrected chi connectivity index (χ2v) is 2.36. The molecule has 1 aliphatic rings. The second kappa shape index (κ2) is 1.59. The van der Waals surface area contributed by atoms with Crippen molar-refractivity contribution in [1.82, 2.24) is 15.1 Å². The van der Waals surface area contributed by atoms with Gasteiger partial charge in [0.1, 0.15) is 0 Å². The van der Waals surface area contributed by atoms with Crippen LogP contribution in [0.25, 0.3) is 0 Å². The molecule has 1 amide bonds. The largest absolute Gasteiger partial charge is 0.346 e. The van der Waals surface area contributed by atoms with E-state index in [2.05, 4.69) is 10.4 Å². The molecule has 1 aromatic heterocycles. The Morgan fingerprint density at radius 1 is 1.80 bits per heavy atom. The van der Waals surface area contributed by atoms with Crippen molar-refractivity contribution in [3.8, 4) is 0 Å². The zero-order chi connectivity index (χ0) is 7.14. The lowest BCUT2D eigenvalue weighted by atomic mass is 10.3. The fourth-order valence-corrected chi connectivity index (χ4v) is 1.12. The van der Waals surface area contributed by atoms with Gasteiger partial charge < -0.3 is 5.32 Å². The van der Waals surface area contributed by atoms with Crippen molar-refractivity contribution in [3.63, 3.8) is 0 Å². The third-order valence-electron chi connectivity index (χ3n) is 1.56. The van der Waals surface area contributed by atoms with Crippen molar-refractivity contribution in [3.05, 3.63) is 17.5 Å². The minimum Gasteiger partial charge on any atom is -0.346 e. The summed E-state index contributed by atoms with van der Waals surface area (Å²) in [5.41, 5.74) is 1.56. The zero-order valence-electron chi connectivity index (χ0n) is 5.59. The summed E-state index contributed by atoms with van der Waals surface area (Å²) in [5.74, 6) is -0.0596. The van der Waals surface area contributed by atoms with Gasteiger partial charge in [0.05, 0.1) is 0 Å². The molecule has 0 saturated carbocycles. The Morgan fingerprint density at radius 2 is 2.60 bits per heavy atom. The molecule has 10 heavy (non-hydrogen) atoms. The number of fused-ring (bicyclic) bond motifs is 1. The Labute approximate surface area is 57.8 Å². The first kappa shape index (κ1) is 5.46. The lowest BCUT2D eigenvalue weighted by Gasteiger charge is -1.89. The molecular weight excluding hydrogens is 130 g/mol. The number of nitrogens with one attached hydrogen (secondary N) is 1. The molecule has 0 fully saturated rings. The topological polar surface area (TPSA) is 46.9 Å². The summed E-state index contributed by atoms with van der Waals surface area (Å²) in [6.07, 6.45) is 1.85. The highest BCUT2D eigenvalue weighted by Gasteiger charge is 2.21. The molecule has 2 heterocycles. The molecule has 1 aliphatic heterocycles. The van der Waals surface area contributed by atoms with Crippen LogP contribution in [0.4, 0.5) is 0 Å². The van der Waals surface area contributed by atoms with Gasteiger partial charge in [-0.25, -0.2) is 0 Å². The highest BCUT2D eigenvalue weighted by Crippen LogP contribution is 2.11. The summed E-state index contributed by atoms with van der Waals surface area (Å²) < 4.78 is 1.66. The van der Waals surface area contributed by atoms with E-state index in [1.807, 2.05) is 13.2 Å². The summed E-state index contributed by atoms with van der Waals surface area (Å²) in [5, 5.41) is 6.65. The van der Waals surface area contributed by atoms with Gasteiger partial charge >= 0.3 is 0 Å². The monoisotopic (exact) mass is 137 g/mol. The third-order valence-corrected chi connectivity index (χ3v) is 1.56. The van der Waals surface area contributed by atoms with E-state index in [4.69, 9.17) is 0 Å². The number of carbonyl (C=O) groups is 1. The lowest BCUT2D eigenvalue weighted by molar-refractivity contribution is 0.0960. The summed E-state index contributed by atoms with van der Waals surface area (Å²) in [6.45, 7) is 0.627. The third kappa shape index (κ3) is 0.556. The maximum Gasteiger partial charge on any atom is 0.272 e. The van der Waals surface area contributed by atoms with Gasteiger partial charge in [0.2, 0.25) is 0 Å². The molecule has 0 saturated heterocycles. The molecule has 0 unspecified atom stereocenters. The summed E-state index contributed by atoms with van der Waals surface area (Å²) in [4.78, 5) is 10.9. The van der Waals surface area contributed by atoms with Crippen LogP contribution in [0.1, 0.15) is 16.1 Å². The minimum atomic E-state index is -0.0596. The van der Waals surface area contributed by atoms with Crippen LogP contribution in [0, 0.1) is 0 Å². The number of aromatic nitrogens is 2. The van der Waals surface area contributed by atoms with Crippen LogP contribution in [-0.2, 0) is 13.6 Å². The fourth-order valence-electron chi connectivity index (χ4n) is 1.12. The van der Waals surface area contributed by atoms with Crippen LogP contribution in [0.2, 0.25) is 0 Å². The molecule has 0 atom stereocenters. The van der Waals surface area contributed by atoms with Crippen molar-refractivity contribution in [1.29, 1.82) is 0 Å². The van der Waals surface area contributed by atoms with Crippen LogP contribution in [-0.4, -0.2) is 15.7 Å². The summed E-state index contributed by atoms with van der Waals surface area (Å²) in [6, 6.07) is 0. The predicted molar refractivity (Wildman–Crippen MR) is 34.4 cm³/mol. The zero-order valence-corrected chi connectivity index (χ0v) is 5.59.